The Hall–Kier alpha value is -1.51. The van der Waals surface area contributed by atoms with Gasteiger partial charge in [-0.1, -0.05) is 0 Å². The number of nitrogens with one attached hydrogen (secondary N) is 1. The van der Waals surface area contributed by atoms with E-state index in [2.05, 4.69) is 10.2 Å². The lowest BCUT2D eigenvalue weighted by molar-refractivity contribution is -0.121. The standard InChI is InChI=1S/C18H28ClN3O4S/c1-26-17-7-5-16(6-8-17)21-11-13-22(14-12-21)27(24,25)15-3-10-20-18(23)4-2-9-19/h5-8H,2-4,9-15H2,1H3,(H,20,23). The molecule has 0 spiro atoms. The number of hydrogen-bond donors (Lipinski definition) is 1. The molecule has 1 N–H and O–H groups in total. The fourth-order valence-corrected chi connectivity index (χ4v) is 4.57. The Morgan fingerprint density at radius 2 is 1.81 bits per heavy atom. The number of hydrogen-bond acceptors (Lipinski definition) is 5. The molecule has 2 rings (SSSR count). The van der Waals surface area contributed by atoms with Gasteiger partial charge in [0.1, 0.15) is 5.75 Å². The molecule has 0 bridgehead atoms. The fourth-order valence-electron chi connectivity index (χ4n) is 2.94. The lowest BCUT2D eigenvalue weighted by Gasteiger charge is -2.35. The van der Waals surface area contributed by atoms with E-state index in [9.17, 15) is 13.2 Å². The SMILES string of the molecule is COc1ccc(N2CCN(S(=O)(=O)CCCNC(=O)CCCCl)CC2)cc1. The lowest BCUT2D eigenvalue weighted by atomic mass is 10.2. The van der Waals surface area contributed by atoms with Crippen LogP contribution in [0.25, 0.3) is 0 Å². The molecule has 0 saturated carbocycles. The first-order chi connectivity index (χ1) is 13.0. The Labute approximate surface area is 166 Å². The van der Waals surface area contributed by atoms with Gasteiger partial charge in [0.05, 0.1) is 12.9 Å². The molecule has 1 saturated heterocycles. The number of sulfonamides is 1. The quantitative estimate of drug-likeness (QED) is 0.462. The minimum Gasteiger partial charge on any atom is -0.497 e. The highest BCUT2D eigenvalue weighted by molar-refractivity contribution is 7.89. The molecule has 9 heteroatoms. The van der Waals surface area contributed by atoms with Gasteiger partial charge in [0.25, 0.3) is 0 Å². The average Bonchev–Trinajstić information content (AvgIpc) is 2.70. The van der Waals surface area contributed by atoms with E-state index in [1.54, 1.807) is 11.4 Å². The van der Waals surface area contributed by atoms with Crippen molar-refractivity contribution in [1.82, 2.24) is 9.62 Å². The van der Waals surface area contributed by atoms with Gasteiger partial charge in [-0.25, -0.2) is 8.42 Å². The summed E-state index contributed by atoms with van der Waals surface area (Å²) in [7, 11) is -1.67. The number of carbonyl (C=O) groups is 1. The number of ether oxygens (including phenoxy) is 1. The maximum Gasteiger partial charge on any atom is 0.220 e. The van der Waals surface area contributed by atoms with E-state index >= 15 is 0 Å². The largest absolute Gasteiger partial charge is 0.497 e. The second-order valence-electron chi connectivity index (χ2n) is 6.40. The third kappa shape index (κ3) is 6.86. The molecule has 152 valence electrons. The number of rotatable bonds is 10. The van der Waals surface area contributed by atoms with Crippen LogP contribution in [-0.2, 0) is 14.8 Å². The fraction of sp³-hybridized carbons (Fsp3) is 0.611. The van der Waals surface area contributed by atoms with Crippen molar-refractivity contribution in [3.05, 3.63) is 24.3 Å². The van der Waals surface area contributed by atoms with Crippen LogP contribution in [0.2, 0.25) is 0 Å². The van der Waals surface area contributed by atoms with Crippen LogP contribution in [0.4, 0.5) is 5.69 Å². The summed E-state index contributed by atoms with van der Waals surface area (Å²) in [6.45, 7) is 2.61. The molecule has 1 aromatic carbocycles. The van der Waals surface area contributed by atoms with Gasteiger partial charge in [0, 0.05) is 50.7 Å². The zero-order chi connectivity index (χ0) is 19.7. The number of anilines is 1. The smallest absolute Gasteiger partial charge is 0.220 e. The molecule has 0 aromatic heterocycles. The second kappa shape index (κ2) is 10.7. The Morgan fingerprint density at radius 1 is 1.15 bits per heavy atom. The normalized spacial score (nSPS) is 15.6. The maximum atomic E-state index is 12.5. The summed E-state index contributed by atoms with van der Waals surface area (Å²) >= 11 is 5.54. The summed E-state index contributed by atoms with van der Waals surface area (Å²) in [5.74, 6) is 1.21. The molecular formula is C18H28ClN3O4S. The summed E-state index contributed by atoms with van der Waals surface area (Å²) in [5.41, 5.74) is 1.06. The molecule has 0 aliphatic carbocycles. The molecule has 1 heterocycles. The van der Waals surface area contributed by atoms with Crippen LogP contribution in [0.5, 0.6) is 5.75 Å². The molecule has 0 atom stereocenters. The van der Waals surface area contributed by atoms with E-state index in [0.717, 1.165) is 11.4 Å². The van der Waals surface area contributed by atoms with Crippen LogP contribution >= 0.6 is 11.6 Å². The number of nitrogens with zero attached hydrogens (tertiary/aromatic N) is 2. The van der Waals surface area contributed by atoms with Gasteiger partial charge in [-0.15, -0.1) is 11.6 Å². The van der Waals surface area contributed by atoms with Crippen molar-refractivity contribution in [3.8, 4) is 5.75 Å². The van der Waals surface area contributed by atoms with E-state index < -0.39 is 10.0 Å². The van der Waals surface area contributed by atoms with Crippen LogP contribution in [0.3, 0.4) is 0 Å². The molecule has 1 amide bonds. The molecular weight excluding hydrogens is 390 g/mol. The summed E-state index contributed by atoms with van der Waals surface area (Å²) < 4.78 is 31.7. The second-order valence-corrected chi connectivity index (χ2v) is 8.86. The maximum absolute atomic E-state index is 12.5. The van der Waals surface area contributed by atoms with Crippen molar-refractivity contribution in [2.45, 2.75) is 19.3 Å². The Kier molecular flexibility index (Phi) is 8.66. The average molecular weight is 418 g/mol. The lowest BCUT2D eigenvalue weighted by Crippen LogP contribution is -2.49. The predicted molar refractivity (Wildman–Crippen MR) is 108 cm³/mol. The first kappa shape index (κ1) is 21.8. The topological polar surface area (TPSA) is 79.0 Å². The number of alkyl halides is 1. The molecule has 27 heavy (non-hydrogen) atoms. The Balaban J connectivity index is 1.74. The number of carbonyl (C=O) groups excluding carboxylic acids is 1. The summed E-state index contributed by atoms with van der Waals surface area (Å²) in [5, 5.41) is 2.73. The van der Waals surface area contributed by atoms with Crippen molar-refractivity contribution in [3.63, 3.8) is 0 Å². The van der Waals surface area contributed by atoms with Crippen LogP contribution in [-0.4, -0.2) is 70.1 Å². The molecule has 1 aliphatic rings. The number of amides is 1. The summed E-state index contributed by atoms with van der Waals surface area (Å²) in [6, 6.07) is 7.77. The first-order valence-corrected chi connectivity index (χ1v) is 11.3. The minimum absolute atomic E-state index is 0.0469. The van der Waals surface area contributed by atoms with Crippen LogP contribution in [0.15, 0.2) is 24.3 Å². The molecule has 0 unspecified atom stereocenters. The van der Waals surface area contributed by atoms with Gasteiger partial charge >= 0.3 is 0 Å². The van der Waals surface area contributed by atoms with Crippen molar-refractivity contribution >= 4 is 33.2 Å². The highest BCUT2D eigenvalue weighted by atomic mass is 35.5. The third-order valence-electron chi connectivity index (χ3n) is 4.51. The number of piperazine rings is 1. The van der Waals surface area contributed by atoms with E-state index in [4.69, 9.17) is 16.3 Å². The molecule has 0 radical (unpaired) electrons. The zero-order valence-corrected chi connectivity index (χ0v) is 17.3. The summed E-state index contributed by atoms with van der Waals surface area (Å²) in [4.78, 5) is 13.7. The van der Waals surface area contributed by atoms with Crippen LogP contribution in [0, 0.1) is 0 Å². The molecule has 7 nitrogen and oxygen atoms in total. The number of halogens is 1. The van der Waals surface area contributed by atoms with Gasteiger partial charge in [0.15, 0.2) is 0 Å². The minimum atomic E-state index is -3.30. The van der Waals surface area contributed by atoms with Crippen molar-refractivity contribution < 1.29 is 17.9 Å². The predicted octanol–water partition coefficient (Wildman–Crippen LogP) is 1.67. The highest BCUT2D eigenvalue weighted by Crippen LogP contribution is 2.21. The molecule has 1 aliphatic heterocycles. The van der Waals surface area contributed by atoms with Crippen LogP contribution < -0.4 is 15.0 Å². The number of benzene rings is 1. The highest BCUT2D eigenvalue weighted by Gasteiger charge is 2.26. The Morgan fingerprint density at radius 3 is 2.41 bits per heavy atom. The van der Waals surface area contributed by atoms with Gasteiger partial charge in [-0.3, -0.25) is 4.79 Å². The van der Waals surface area contributed by atoms with Gasteiger partial charge in [-0.05, 0) is 37.1 Å². The Bertz CT molecular complexity index is 689. The zero-order valence-electron chi connectivity index (χ0n) is 15.7. The van der Waals surface area contributed by atoms with E-state index in [-0.39, 0.29) is 11.7 Å². The van der Waals surface area contributed by atoms with E-state index in [1.807, 2.05) is 24.3 Å². The first-order valence-electron chi connectivity index (χ1n) is 9.16. The van der Waals surface area contributed by atoms with Crippen molar-refractivity contribution in [1.29, 1.82) is 0 Å². The van der Waals surface area contributed by atoms with E-state index in [0.29, 0.717) is 57.9 Å². The van der Waals surface area contributed by atoms with Crippen molar-refractivity contribution in [2.75, 3.05) is 56.4 Å². The van der Waals surface area contributed by atoms with Gasteiger partial charge < -0.3 is 15.0 Å². The van der Waals surface area contributed by atoms with Crippen LogP contribution in [0.1, 0.15) is 19.3 Å². The monoisotopic (exact) mass is 417 g/mol. The molecule has 1 aromatic rings. The molecule has 1 fully saturated rings. The van der Waals surface area contributed by atoms with E-state index in [1.165, 1.54) is 0 Å². The van der Waals surface area contributed by atoms with Crippen molar-refractivity contribution in [2.24, 2.45) is 0 Å². The number of methoxy groups -OCH3 is 1. The third-order valence-corrected chi connectivity index (χ3v) is 6.73. The van der Waals surface area contributed by atoms with Gasteiger partial charge in [0.2, 0.25) is 15.9 Å². The van der Waals surface area contributed by atoms with Gasteiger partial charge in [-0.2, -0.15) is 4.31 Å². The summed E-state index contributed by atoms with van der Waals surface area (Å²) in [6.07, 6.45) is 1.42.